The lowest BCUT2D eigenvalue weighted by atomic mass is 9.91. The molecule has 10 aromatic carbocycles. The second-order valence-electron chi connectivity index (χ2n) is 28.0. The highest BCUT2D eigenvalue weighted by molar-refractivity contribution is 5.98. The fraction of sp³-hybridized carbons (Fsp3) is 0.234. The van der Waals surface area contributed by atoms with Crippen molar-refractivity contribution in [2.75, 3.05) is 0 Å². The quantitative estimate of drug-likeness (QED) is 0.148. The minimum atomic E-state index is -0.173. The third kappa shape index (κ3) is 13.9. The van der Waals surface area contributed by atoms with E-state index < -0.39 is 0 Å². The lowest BCUT2D eigenvalue weighted by Gasteiger charge is -2.14. The van der Waals surface area contributed by atoms with Crippen LogP contribution in [0.5, 0.6) is 0 Å². The maximum Gasteiger partial charge on any atom is 0.223 e. The van der Waals surface area contributed by atoms with Crippen molar-refractivity contribution in [1.29, 1.82) is 0 Å². The molecule has 0 N–H and O–H groups in total. The average Bonchev–Trinajstić information content (AvgIpc) is 0.763. The molecular weight excluding hydrogens is 1220 g/mol. The van der Waals surface area contributed by atoms with Crippen LogP contribution >= 0.6 is 0 Å². The summed E-state index contributed by atoms with van der Waals surface area (Å²) in [4.78, 5) is 0. The van der Waals surface area contributed by atoms with Crippen molar-refractivity contribution < 1.29 is 32.5 Å². The van der Waals surface area contributed by atoms with E-state index in [1.165, 1.54) is 78.1 Å². The minimum Gasteiger partial charge on any atom is -0.206 e. The Morgan fingerprint density at radius 1 is 0.260 bits per heavy atom. The minimum absolute atomic E-state index is 0.131. The van der Waals surface area contributed by atoms with Gasteiger partial charge in [0.05, 0.1) is 38.2 Å². The molecule has 0 saturated heterocycles. The molecule has 0 aliphatic heterocycles. The van der Waals surface area contributed by atoms with Crippen molar-refractivity contribution in [3.63, 3.8) is 0 Å². The molecule has 6 heteroatoms. The van der Waals surface area contributed by atoms with Crippen LogP contribution in [-0.2, 0) is 28.2 Å². The zero-order chi connectivity index (χ0) is 75.5. The number of fused-ring (bicyclic) bond motifs is 4. The second-order valence-corrected chi connectivity index (χ2v) is 28.0. The molecule has 4 aromatic heterocycles. The Morgan fingerprint density at radius 2 is 0.630 bits per heavy atom. The first-order valence-electron chi connectivity index (χ1n) is 36.7. The van der Waals surface area contributed by atoms with Crippen LogP contribution in [0, 0.1) is 136 Å². The molecule has 0 fully saturated rings. The van der Waals surface area contributed by atoms with E-state index in [4.69, 9.17) is 5.48 Å². The summed E-state index contributed by atoms with van der Waals surface area (Å²) in [7, 11) is 8.04. The number of aromatic nitrogens is 4. The largest absolute Gasteiger partial charge is 0.223 e. The van der Waals surface area contributed by atoms with E-state index in [9.17, 15) is 4.39 Å². The zero-order valence-corrected chi connectivity index (χ0v) is 62.7. The summed E-state index contributed by atoms with van der Waals surface area (Å²) in [5, 5.41) is 8.09. The van der Waals surface area contributed by atoms with Gasteiger partial charge < -0.3 is 0 Å². The zero-order valence-electron chi connectivity index (χ0n) is 66.7. The number of aryl methyl sites for hydroxylation is 11. The highest BCUT2D eigenvalue weighted by Crippen LogP contribution is 2.39. The van der Waals surface area contributed by atoms with Crippen LogP contribution in [-0.4, -0.2) is 0 Å². The van der Waals surface area contributed by atoms with Gasteiger partial charge in [-0.25, -0.2) is 8.78 Å². The van der Waals surface area contributed by atoms with Crippen LogP contribution in [0.4, 0.5) is 8.78 Å². The molecular formula is C94H98F2N4+4. The van der Waals surface area contributed by atoms with Crippen LogP contribution < -0.4 is 18.3 Å². The van der Waals surface area contributed by atoms with Gasteiger partial charge in [0.25, 0.3) is 0 Å². The molecule has 0 saturated carbocycles. The van der Waals surface area contributed by atoms with Gasteiger partial charge in [-0.1, -0.05) is 150 Å². The Balaban J connectivity index is 0.000000139. The van der Waals surface area contributed by atoms with Gasteiger partial charge in [-0.05, 0) is 239 Å². The monoisotopic (exact) mass is 1320 g/mol. The van der Waals surface area contributed by atoms with E-state index in [1.807, 2.05) is 137 Å². The first-order valence-corrected chi connectivity index (χ1v) is 34.7. The van der Waals surface area contributed by atoms with Gasteiger partial charge in [0, 0.05) is 63.0 Å². The summed E-state index contributed by atoms with van der Waals surface area (Å²) in [6.07, 6.45) is 0. The number of benzene rings is 10. The van der Waals surface area contributed by atoms with Crippen LogP contribution in [0.15, 0.2) is 194 Å². The molecule has 100 heavy (non-hydrogen) atoms. The van der Waals surface area contributed by atoms with Crippen LogP contribution in [0.1, 0.15) is 106 Å². The van der Waals surface area contributed by atoms with E-state index in [-0.39, 0.29) is 11.6 Å². The average molecular weight is 1330 g/mol. The van der Waals surface area contributed by atoms with Gasteiger partial charge in [-0.3, -0.25) is 0 Å². The van der Waals surface area contributed by atoms with Gasteiger partial charge in [0.1, 0.15) is 39.8 Å². The molecule has 0 unspecified atom stereocenters. The van der Waals surface area contributed by atoms with Crippen molar-refractivity contribution in [2.45, 2.75) is 125 Å². The Morgan fingerprint density at radius 3 is 1.05 bits per heavy atom. The summed E-state index contributed by atoms with van der Waals surface area (Å²) >= 11 is 0. The Labute approximate surface area is 598 Å². The number of pyridine rings is 4. The Hall–Kier alpha value is -10.3. The lowest BCUT2D eigenvalue weighted by molar-refractivity contribution is -0.665. The maximum atomic E-state index is 15.1. The molecule has 504 valence electrons. The van der Waals surface area contributed by atoms with Gasteiger partial charge in [0.2, 0.25) is 22.8 Å². The molecule has 4 heterocycles. The molecule has 0 amide bonds. The molecule has 0 aliphatic rings. The predicted molar refractivity (Wildman–Crippen MR) is 418 cm³/mol. The van der Waals surface area contributed by atoms with Gasteiger partial charge >= 0.3 is 0 Å². The molecule has 0 bridgehead atoms. The summed E-state index contributed by atoms with van der Waals surface area (Å²) in [5.74, 6) is -0.304. The molecule has 0 aliphatic carbocycles. The van der Waals surface area contributed by atoms with Gasteiger partial charge in [-0.15, -0.1) is 0 Å². The molecule has 4 nitrogen and oxygen atoms in total. The summed E-state index contributed by atoms with van der Waals surface area (Å²) in [5.41, 5.74) is 31.9. The predicted octanol–water partition coefficient (Wildman–Crippen LogP) is 22.5. The molecule has 0 radical (unpaired) electrons. The van der Waals surface area contributed by atoms with E-state index in [2.05, 4.69) is 204 Å². The molecule has 14 rings (SSSR count). The second kappa shape index (κ2) is 28.9. The molecule has 0 spiro atoms. The number of hydrogen-bond acceptors (Lipinski definition) is 0. The van der Waals surface area contributed by atoms with Gasteiger partial charge in [0.15, 0.2) is 22.8 Å². The number of nitrogens with zero attached hydrogens (tertiary/aromatic N) is 4. The van der Waals surface area contributed by atoms with Crippen molar-refractivity contribution in [2.24, 2.45) is 28.2 Å². The SMILES string of the molecule is [2H]c1c(C)[n+](C)c(-c2c(C)c(C)cc(C)c2F)c2cc(C)ccc12.[2H]c1c(C)[n+](C)c(-c2cc(C)c(F)c(C)c2C)c2cc(C)ccc12.[2H]c1c(C)[n+](C)c(-c2ccc(-c3c(C)cccc3C)cc2C)c2cc(C)ccc12.[2H]c1c(C)[n+](C)c(-c2ccc(-c3ccccc3)cc2C)c2cc(C)ccc12. The van der Waals surface area contributed by atoms with E-state index in [1.54, 1.807) is 0 Å². The van der Waals surface area contributed by atoms with Crippen molar-refractivity contribution in [3.05, 3.63) is 306 Å². The topological polar surface area (TPSA) is 15.5 Å². The summed E-state index contributed by atoms with van der Waals surface area (Å²) in [6.45, 7) is 36.4. The Kier molecular flexibility index (Phi) is 19.0. The van der Waals surface area contributed by atoms with Crippen molar-refractivity contribution >= 4 is 43.1 Å². The van der Waals surface area contributed by atoms with Crippen molar-refractivity contribution in [1.82, 2.24) is 0 Å². The van der Waals surface area contributed by atoms with Crippen LogP contribution in [0.2, 0.25) is 0 Å². The van der Waals surface area contributed by atoms with E-state index in [0.717, 1.165) is 111 Å². The highest BCUT2D eigenvalue weighted by Gasteiger charge is 2.28. The first kappa shape index (κ1) is 65.6. The Bertz CT molecular complexity index is 5790. The third-order valence-electron chi connectivity index (χ3n) is 20.6. The smallest absolute Gasteiger partial charge is 0.206 e. The number of rotatable bonds is 6. The first-order chi connectivity index (χ1) is 49.2. The summed E-state index contributed by atoms with van der Waals surface area (Å²) < 4.78 is 71.7. The van der Waals surface area contributed by atoms with Crippen molar-refractivity contribution in [3.8, 4) is 67.3 Å². The third-order valence-corrected chi connectivity index (χ3v) is 20.6. The fourth-order valence-electron chi connectivity index (χ4n) is 14.4. The van der Waals surface area contributed by atoms with E-state index in [0.29, 0.717) is 46.4 Å². The van der Waals surface area contributed by atoms with Gasteiger partial charge in [-0.2, -0.15) is 18.3 Å². The number of hydrogen-bond donors (Lipinski definition) is 0. The van der Waals surface area contributed by atoms with Crippen LogP contribution in [0.3, 0.4) is 0 Å². The fourth-order valence-corrected chi connectivity index (χ4v) is 14.4. The number of halogens is 2. The maximum absolute atomic E-state index is 15.1. The van der Waals surface area contributed by atoms with E-state index >= 15 is 4.39 Å². The normalized spacial score (nSPS) is 11.8. The van der Waals surface area contributed by atoms with Crippen LogP contribution in [0.25, 0.3) is 110 Å². The highest BCUT2D eigenvalue weighted by atomic mass is 19.1. The molecule has 0 atom stereocenters. The standard InChI is InChI=1S/C27H28N.C25H24N.2C21H23FN/c1-17-10-11-22-16-21(5)28(6)27(25(22)14-17)24-13-12-23(15-20(24)4)26-18(2)8-7-9-19(26)3;1-17-10-11-22-16-19(3)26(4)25(24(22)14-17)23-13-12-21(15-18(23)2)20-8-6-5-7-9-20;1-12-7-8-17-11-14(3)23(6)21(19(17)9-12)18-10-13(2)20(22)16(5)15(18)4;1-12-7-8-17-11-15(4)23(6)21(18(17)9-12)19-16(5)13(2)10-14(3)20(19)22/h7-16H,1-6H3;5-16H,1-4H3;2*7-11H,1-6H3/q4*+1/i2*16D;2*11D. The summed E-state index contributed by atoms with van der Waals surface area (Å²) in [6, 6.07) is 61.5. The molecule has 14 aromatic rings. The lowest BCUT2D eigenvalue weighted by Crippen LogP contribution is -2.35.